The fourth-order valence-corrected chi connectivity index (χ4v) is 1.66. The maximum absolute atomic E-state index is 5.76. The molecule has 3 aromatic rings. The van der Waals surface area contributed by atoms with Gasteiger partial charge in [-0.3, -0.25) is 4.98 Å². The number of fused-ring (bicyclic) bond motifs is 3. The molecule has 0 aliphatic carbocycles. The first-order valence-corrected chi connectivity index (χ1v) is 4.32. The Morgan fingerprint density at radius 1 is 1.14 bits per heavy atom. The van der Waals surface area contributed by atoms with Crippen molar-refractivity contribution in [2.75, 3.05) is 5.84 Å². The van der Waals surface area contributed by atoms with Crippen molar-refractivity contribution >= 4 is 21.9 Å². The highest BCUT2D eigenvalue weighted by Gasteiger charge is 2.05. The van der Waals surface area contributed by atoms with Gasteiger partial charge in [-0.2, -0.15) is 0 Å². The number of aromatic nitrogens is 3. The fraction of sp³-hybridized carbons (Fsp3) is 0. The summed E-state index contributed by atoms with van der Waals surface area (Å²) in [6, 6.07) is 7.86. The Morgan fingerprint density at radius 3 is 3.00 bits per heavy atom. The van der Waals surface area contributed by atoms with E-state index >= 15 is 0 Å². The molecule has 2 heterocycles. The molecule has 0 bridgehead atoms. The number of benzene rings is 1. The van der Waals surface area contributed by atoms with Gasteiger partial charge in [-0.25, -0.2) is 9.66 Å². The Bertz CT molecular complexity index is 612. The summed E-state index contributed by atoms with van der Waals surface area (Å²) in [7, 11) is 0. The van der Waals surface area contributed by atoms with Crippen LogP contribution >= 0.6 is 0 Å². The van der Waals surface area contributed by atoms with Gasteiger partial charge in [0.25, 0.3) is 0 Å². The quantitative estimate of drug-likeness (QED) is 0.536. The van der Waals surface area contributed by atoms with E-state index in [-0.39, 0.29) is 0 Å². The van der Waals surface area contributed by atoms with Crippen LogP contribution in [0.15, 0.2) is 36.8 Å². The van der Waals surface area contributed by atoms with E-state index in [1.165, 1.54) is 4.68 Å². The van der Waals surface area contributed by atoms with Gasteiger partial charge < -0.3 is 5.84 Å². The third kappa shape index (κ3) is 0.821. The molecule has 68 valence electrons. The maximum Gasteiger partial charge on any atom is 0.115 e. The van der Waals surface area contributed by atoms with Crippen molar-refractivity contribution < 1.29 is 0 Å². The van der Waals surface area contributed by atoms with Gasteiger partial charge in [-0.15, -0.1) is 0 Å². The van der Waals surface area contributed by atoms with Crippen molar-refractivity contribution in [3.05, 3.63) is 36.8 Å². The minimum Gasteiger partial charge on any atom is -0.338 e. The van der Waals surface area contributed by atoms with Crippen molar-refractivity contribution in [1.29, 1.82) is 0 Å². The normalized spacial score (nSPS) is 11.1. The summed E-state index contributed by atoms with van der Waals surface area (Å²) < 4.78 is 1.50. The number of imidazole rings is 1. The molecule has 0 amide bonds. The summed E-state index contributed by atoms with van der Waals surface area (Å²) in [6.45, 7) is 0. The molecule has 0 unspecified atom stereocenters. The van der Waals surface area contributed by atoms with E-state index in [0.717, 1.165) is 21.9 Å². The van der Waals surface area contributed by atoms with Gasteiger partial charge in [0.1, 0.15) is 11.8 Å². The largest absolute Gasteiger partial charge is 0.338 e. The van der Waals surface area contributed by atoms with E-state index in [9.17, 15) is 0 Å². The van der Waals surface area contributed by atoms with E-state index < -0.39 is 0 Å². The molecule has 14 heavy (non-hydrogen) atoms. The highest BCUT2D eigenvalue weighted by molar-refractivity contribution is 6.01. The van der Waals surface area contributed by atoms with Gasteiger partial charge in [0.15, 0.2) is 0 Å². The van der Waals surface area contributed by atoms with Crippen molar-refractivity contribution in [3.63, 3.8) is 0 Å². The lowest BCUT2D eigenvalue weighted by atomic mass is 10.2. The average molecular weight is 184 g/mol. The second-order valence-electron chi connectivity index (χ2n) is 3.16. The Balaban J connectivity index is 2.65. The van der Waals surface area contributed by atoms with Crippen LogP contribution in [0.5, 0.6) is 0 Å². The fourth-order valence-electron chi connectivity index (χ4n) is 1.66. The third-order valence-electron chi connectivity index (χ3n) is 2.31. The number of pyridine rings is 1. The van der Waals surface area contributed by atoms with E-state index in [2.05, 4.69) is 9.97 Å². The van der Waals surface area contributed by atoms with Crippen molar-refractivity contribution in [3.8, 4) is 0 Å². The Labute approximate surface area is 80.0 Å². The van der Waals surface area contributed by atoms with Crippen LogP contribution < -0.4 is 5.84 Å². The van der Waals surface area contributed by atoms with Crippen molar-refractivity contribution in [2.45, 2.75) is 0 Å². The van der Waals surface area contributed by atoms with Crippen LogP contribution in [0.2, 0.25) is 0 Å². The monoisotopic (exact) mass is 184 g/mol. The molecule has 0 atom stereocenters. The zero-order valence-electron chi connectivity index (χ0n) is 7.38. The second kappa shape index (κ2) is 2.45. The van der Waals surface area contributed by atoms with Crippen LogP contribution in [0.1, 0.15) is 0 Å². The molecular weight excluding hydrogens is 176 g/mol. The number of nitrogen functional groups attached to an aromatic ring is 1. The first-order valence-electron chi connectivity index (χ1n) is 4.32. The van der Waals surface area contributed by atoms with Crippen LogP contribution in [0, 0.1) is 0 Å². The molecular formula is C10H8N4. The first kappa shape index (κ1) is 7.32. The third-order valence-corrected chi connectivity index (χ3v) is 2.31. The Kier molecular flexibility index (Phi) is 1.28. The highest BCUT2D eigenvalue weighted by atomic mass is 15.3. The minimum absolute atomic E-state index is 0.874. The van der Waals surface area contributed by atoms with Gasteiger partial charge in [0, 0.05) is 11.6 Å². The van der Waals surface area contributed by atoms with E-state index in [4.69, 9.17) is 5.84 Å². The number of rotatable bonds is 0. The summed E-state index contributed by atoms with van der Waals surface area (Å²) in [6.07, 6.45) is 3.35. The molecule has 0 radical (unpaired) electrons. The van der Waals surface area contributed by atoms with Crippen LogP contribution in [0.3, 0.4) is 0 Å². The first-order chi connectivity index (χ1) is 6.86. The summed E-state index contributed by atoms with van der Waals surface area (Å²) in [5.74, 6) is 5.76. The number of hydrogen-bond donors (Lipinski definition) is 1. The number of hydrogen-bond acceptors (Lipinski definition) is 3. The lowest BCUT2D eigenvalue weighted by molar-refractivity contribution is 1.04. The average Bonchev–Trinajstić information content (AvgIpc) is 2.61. The molecule has 0 spiro atoms. The molecule has 0 aliphatic rings. The van der Waals surface area contributed by atoms with Crippen LogP contribution in [0.25, 0.3) is 21.9 Å². The lowest BCUT2D eigenvalue weighted by Crippen LogP contribution is -2.05. The number of nitrogens with zero attached hydrogens (tertiary/aromatic N) is 3. The Morgan fingerprint density at radius 2 is 2.07 bits per heavy atom. The zero-order chi connectivity index (χ0) is 9.54. The molecule has 0 saturated heterocycles. The second-order valence-corrected chi connectivity index (χ2v) is 3.16. The topological polar surface area (TPSA) is 56.7 Å². The molecule has 0 fully saturated rings. The summed E-state index contributed by atoms with van der Waals surface area (Å²) in [5.41, 5.74) is 2.65. The Hall–Kier alpha value is -2.10. The molecule has 0 saturated carbocycles. The minimum atomic E-state index is 0.874. The van der Waals surface area contributed by atoms with Crippen LogP contribution in [0.4, 0.5) is 0 Å². The van der Waals surface area contributed by atoms with Crippen molar-refractivity contribution in [1.82, 2.24) is 14.6 Å². The van der Waals surface area contributed by atoms with E-state index in [0.29, 0.717) is 0 Å². The van der Waals surface area contributed by atoms with Gasteiger partial charge >= 0.3 is 0 Å². The summed E-state index contributed by atoms with van der Waals surface area (Å²) >= 11 is 0. The van der Waals surface area contributed by atoms with Crippen LogP contribution in [-0.2, 0) is 0 Å². The maximum atomic E-state index is 5.76. The summed E-state index contributed by atoms with van der Waals surface area (Å²) in [4.78, 5) is 8.47. The standard InChI is InChI=1S/C10H8N4/c11-14-6-13-8-4-3-7-2-1-5-12-9(7)10(8)14/h1-6H,11H2. The molecule has 1 aromatic carbocycles. The molecule has 2 N–H and O–H groups in total. The summed E-state index contributed by atoms with van der Waals surface area (Å²) in [5, 5.41) is 1.08. The number of nitrogens with two attached hydrogens (primary N) is 1. The van der Waals surface area contributed by atoms with Crippen molar-refractivity contribution in [2.24, 2.45) is 0 Å². The van der Waals surface area contributed by atoms with Gasteiger partial charge in [-0.1, -0.05) is 12.1 Å². The van der Waals surface area contributed by atoms with Crippen LogP contribution in [-0.4, -0.2) is 14.6 Å². The zero-order valence-corrected chi connectivity index (χ0v) is 7.38. The van der Waals surface area contributed by atoms with E-state index in [1.54, 1.807) is 12.5 Å². The van der Waals surface area contributed by atoms with E-state index in [1.807, 2.05) is 24.3 Å². The lowest BCUT2D eigenvalue weighted by Gasteiger charge is -1.99. The van der Waals surface area contributed by atoms with Gasteiger partial charge in [0.2, 0.25) is 0 Å². The molecule has 4 nitrogen and oxygen atoms in total. The molecule has 4 heteroatoms. The smallest absolute Gasteiger partial charge is 0.115 e. The highest BCUT2D eigenvalue weighted by Crippen LogP contribution is 2.20. The van der Waals surface area contributed by atoms with Gasteiger partial charge in [0.05, 0.1) is 11.0 Å². The predicted molar refractivity (Wildman–Crippen MR) is 55.2 cm³/mol. The SMILES string of the molecule is Nn1cnc2ccc3cccnc3c21. The van der Waals surface area contributed by atoms with Gasteiger partial charge in [-0.05, 0) is 12.1 Å². The molecule has 2 aromatic heterocycles. The predicted octanol–water partition coefficient (Wildman–Crippen LogP) is 1.30. The molecule has 3 rings (SSSR count). The molecule has 0 aliphatic heterocycles.